The maximum Gasteiger partial charge on any atom is 0.222 e. The van der Waals surface area contributed by atoms with Crippen LogP contribution in [0.4, 0.5) is 0 Å². The van der Waals surface area contributed by atoms with Crippen LogP contribution in [0.25, 0.3) is 0 Å². The zero-order valence-electron chi connectivity index (χ0n) is 13.9. The van der Waals surface area contributed by atoms with Crippen LogP contribution >= 0.6 is 0 Å². The number of carbonyl (C=O) groups is 1. The first-order valence-electron chi connectivity index (χ1n) is 8.93. The fourth-order valence-electron chi connectivity index (χ4n) is 2.99. The molecule has 2 rings (SSSR count). The van der Waals surface area contributed by atoms with Gasteiger partial charge in [-0.15, -0.1) is 10.2 Å². The van der Waals surface area contributed by atoms with E-state index in [9.17, 15) is 4.79 Å². The predicted octanol–water partition coefficient (Wildman–Crippen LogP) is 3.58. The van der Waals surface area contributed by atoms with Crippen molar-refractivity contribution in [2.45, 2.75) is 77.2 Å². The van der Waals surface area contributed by atoms with Gasteiger partial charge in [0.1, 0.15) is 12.7 Å². The van der Waals surface area contributed by atoms with E-state index < -0.39 is 0 Å². The Balaban J connectivity index is 1.42. The van der Waals surface area contributed by atoms with Crippen molar-refractivity contribution in [3.05, 3.63) is 12.7 Å². The van der Waals surface area contributed by atoms with Crippen molar-refractivity contribution in [2.24, 2.45) is 0 Å². The molecule has 0 saturated carbocycles. The highest BCUT2D eigenvalue weighted by Gasteiger charge is 2.31. The van der Waals surface area contributed by atoms with Gasteiger partial charge in [-0.2, -0.15) is 0 Å². The molecule has 0 spiro atoms. The van der Waals surface area contributed by atoms with Gasteiger partial charge >= 0.3 is 0 Å². The minimum Gasteiger partial charge on any atom is -0.338 e. The number of unbranched alkanes of at least 4 members (excludes halogenated alkanes) is 8. The van der Waals surface area contributed by atoms with Gasteiger partial charge in [0.2, 0.25) is 5.91 Å². The third-order valence-corrected chi connectivity index (χ3v) is 4.57. The second kappa shape index (κ2) is 9.59. The largest absolute Gasteiger partial charge is 0.338 e. The monoisotopic (exact) mass is 306 g/mol. The molecule has 5 heteroatoms. The van der Waals surface area contributed by atoms with Crippen LogP contribution in [-0.2, 0) is 4.79 Å². The number of amides is 1. The molecular weight excluding hydrogens is 276 g/mol. The third kappa shape index (κ3) is 5.43. The number of hydrogen-bond acceptors (Lipinski definition) is 3. The standard InChI is InChI=1S/C17H30N4O/c1-2-3-4-5-6-7-8-9-10-11-17(22)20-12-16(13-20)21-14-18-19-15-21/h14-16H,2-13H2,1H3. The van der Waals surface area contributed by atoms with Gasteiger partial charge in [0.05, 0.1) is 6.04 Å². The molecule has 22 heavy (non-hydrogen) atoms. The summed E-state index contributed by atoms with van der Waals surface area (Å²) in [4.78, 5) is 14.0. The number of nitrogens with zero attached hydrogens (tertiary/aromatic N) is 4. The molecule has 0 N–H and O–H groups in total. The molecular formula is C17H30N4O. The molecule has 1 aromatic rings. The SMILES string of the molecule is CCCCCCCCCCCC(=O)N1CC(n2cnnc2)C1. The highest BCUT2D eigenvalue weighted by Crippen LogP contribution is 2.21. The normalized spacial score (nSPS) is 15.0. The molecule has 0 atom stereocenters. The second-order valence-corrected chi connectivity index (χ2v) is 6.44. The molecule has 1 aromatic heterocycles. The summed E-state index contributed by atoms with van der Waals surface area (Å²) in [5.41, 5.74) is 0. The van der Waals surface area contributed by atoms with Gasteiger partial charge in [-0.05, 0) is 6.42 Å². The van der Waals surface area contributed by atoms with Crippen LogP contribution in [0.5, 0.6) is 0 Å². The number of carbonyl (C=O) groups excluding carboxylic acids is 1. The summed E-state index contributed by atoms with van der Waals surface area (Å²) in [5, 5.41) is 7.61. The highest BCUT2D eigenvalue weighted by molar-refractivity contribution is 5.77. The van der Waals surface area contributed by atoms with Gasteiger partial charge in [-0.1, -0.05) is 58.3 Å². The average molecular weight is 306 g/mol. The first kappa shape index (κ1) is 17.0. The van der Waals surface area contributed by atoms with Crippen molar-refractivity contribution in [1.82, 2.24) is 19.7 Å². The van der Waals surface area contributed by atoms with Crippen LogP contribution in [0, 0.1) is 0 Å². The van der Waals surface area contributed by atoms with Crippen molar-refractivity contribution in [2.75, 3.05) is 13.1 Å². The zero-order valence-corrected chi connectivity index (χ0v) is 13.9. The molecule has 2 heterocycles. The molecule has 0 radical (unpaired) electrons. The third-order valence-electron chi connectivity index (χ3n) is 4.57. The maximum absolute atomic E-state index is 12.0. The van der Waals surface area contributed by atoms with E-state index in [0.717, 1.165) is 19.5 Å². The Morgan fingerprint density at radius 2 is 1.50 bits per heavy atom. The van der Waals surface area contributed by atoms with E-state index in [2.05, 4.69) is 17.1 Å². The topological polar surface area (TPSA) is 51.0 Å². The summed E-state index contributed by atoms with van der Waals surface area (Å²) in [7, 11) is 0. The van der Waals surface area contributed by atoms with Gasteiger partial charge in [-0.3, -0.25) is 4.79 Å². The summed E-state index contributed by atoms with van der Waals surface area (Å²) in [6.07, 6.45) is 15.8. The molecule has 1 aliphatic heterocycles. The summed E-state index contributed by atoms with van der Waals surface area (Å²) in [6.45, 7) is 3.88. The number of likely N-dealkylation sites (tertiary alicyclic amines) is 1. The van der Waals surface area contributed by atoms with E-state index in [1.165, 1.54) is 51.4 Å². The Bertz CT molecular complexity index is 412. The number of aromatic nitrogens is 3. The van der Waals surface area contributed by atoms with Gasteiger partial charge in [0.15, 0.2) is 0 Å². The lowest BCUT2D eigenvalue weighted by Gasteiger charge is -2.39. The molecule has 0 unspecified atom stereocenters. The molecule has 0 aliphatic carbocycles. The smallest absolute Gasteiger partial charge is 0.222 e. The highest BCUT2D eigenvalue weighted by atomic mass is 16.2. The lowest BCUT2D eigenvalue weighted by Crippen LogP contribution is -2.50. The van der Waals surface area contributed by atoms with E-state index in [0.29, 0.717) is 18.4 Å². The van der Waals surface area contributed by atoms with E-state index >= 15 is 0 Å². The number of rotatable bonds is 11. The summed E-state index contributed by atoms with van der Waals surface area (Å²) in [6, 6.07) is 0.377. The zero-order chi connectivity index (χ0) is 15.6. The van der Waals surface area contributed by atoms with Crippen molar-refractivity contribution in [3.8, 4) is 0 Å². The molecule has 0 bridgehead atoms. The van der Waals surface area contributed by atoms with Gasteiger partial charge in [0.25, 0.3) is 0 Å². The lowest BCUT2D eigenvalue weighted by atomic mass is 10.0. The molecule has 5 nitrogen and oxygen atoms in total. The molecule has 1 saturated heterocycles. The van der Waals surface area contributed by atoms with E-state index in [1.54, 1.807) is 12.7 Å². The summed E-state index contributed by atoms with van der Waals surface area (Å²) >= 11 is 0. The average Bonchev–Trinajstić information content (AvgIpc) is 2.98. The minimum absolute atomic E-state index is 0.312. The van der Waals surface area contributed by atoms with Crippen LogP contribution in [0.1, 0.15) is 77.2 Å². The quantitative estimate of drug-likeness (QED) is 0.587. The van der Waals surface area contributed by atoms with Crippen molar-refractivity contribution in [1.29, 1.82) is 0 Å². The van der Waals surface area contributed by atoms with Gasteiger partial charge < -0.3 is 9.47 Å². The Labute approximate surface area is 134 Å². The van der Waals surface area contributed by atoms with E-state index in [1.807, 2.05) is 9.47 Å². The fraction of sp³-hybridized carbons (Fsp3) is 0.824. The van der Waals surface area contributed by atoms with Crippen molar-refractivity contribution >= 4 is 5.91 Å². The van der Waals surface area contributed by atoms with Gasteiger partial charge in [-0.25, -0.2) is 0 Å². The predicted molar refractivity (Wildman–Crippen MR) is 87.5 cm³/mol. The van der Waals surface area contributed by atoms with Crippen LogP contribution in [0.3, 0.4) is 0 Å². The number of hydrogen-bond donors (Lipinski definition) is 0. The molecule has 124 valence electrons. The Kier molecular flexibility index (Phi) is 7.40. The summed E-state index contributed by atoms with van der Waals surface area (Å²) < 4.78 is 1.99. The summed E-state index contributed by atoms with van der Waals surface area (Å²) in [5.74, 6) is 0.312. The van der Waals surface area contributed by atoms with E-state index in [-0.39, 0.29) is 0 Å². The van der Waals surface area contributed by atoms with Crippen molar-refractivity contribution in [3.63, 3.8) is 0 Å². The molecule has 1 amide bonds. The van der Waals surface area contributed by atoms with Crippen LogP contribution < -0.4 is 0 Å². The van der Waals surface area contributed by atoms with Crippen LogP contribution in [0.2, 0.25) is 0 Å². The van der Waals surface area contributed by atoms with Crippen molar-refractivity contribution < 1.29 is 4.79 Å². The minimum atomic E-state index is 0.312. The Morgan fingerprint density at radius 3 is 2.09 bits per heavy atom. The fourth-order valence-corrected chi connectivity index (χ4v) is 2.99. The van der Waals surface area contributed by atoms with Gasteiger partial charge in [0, 0.05) is 19.5 Å². The molecule has 1 aliphatic rings. The lowest BCUT2D eigenvalue weighted by molar-refractivity contribution is -0.137. The first-order valence-corrected chi connectivity index (χ1v) is 8.93. The Hall–Kier alpha value is -1.39. The molecule has 1 fully saturated rings. The second-order valence-electron chi connectivity index (χ2n) is 6.44. The Morgan fingerprint density at radius 1 is 0.955 bits per heavy atom. The molecule has 0 aromatic carbocycles. The maximum atomic E-state index is 12.0. The van der Waals surface area contributed by atoms with Crippen LogP contribution in [0.15, 0.2) is 12.7 Å². The van der Waals surface area contributed by atoms with E-state index in [4.69, 9.17) is 0 Å². The van der Waals surface area contributed by atoms with Crippen LogP contribution in [-0.4, -0.2) is 38.7 Å². The first-order chi connectivity index (χ1) is 10.8.